The highest BCUT2D eigenvalue weighted by molar-refractivity contribution is 7.22. The number of hydrogen-bond acceptors (Lipinski definition) is 9. The molecule has 0 radical (unpaired) electrons. The first-order chi connectivity index (χ1) is 17.8. The van der Waals surface area contributed by atoms with Crippen LogP contribution in [0.25, 0.3) is 10.2 Å². The number of rotatable bonds is 12. The second-order valence-corrected chi connectivity index (χ2v) is 9.96. The number of hydrogen-bond donors (Lipinski definition) is 2. The maximum Gasteiger partial charge on any atom is 0.253 e. The van der Waals surface area contributed by atoms with E-state index in [1.54, 1.807) is 0 Å². The lowest BCUT2D eigenvalue weighted by molar-refractivity contribution is -0.177. The summed E-state index contributed by atoms with van der Waals surface area (Å²) in [5.74, 6) is -0.553. The van der Waals surface area contributed by atoms with Gasteiger partial charge in [-0.25, -0.2) is 4.98 Å². The van der Waals surface area contributed by atoms with Crippen LogP contribution in [0.4, 0.5) is 5.13 Å². The number of thiazole rings is 1. The number of nitrogens with one attached hydrogen (secondary N) is 1. The van der Waals surface area contributed by atoms with Gasteiger partial charge in [-0.3, -0.25) is 29.3 Å². The molecule has 1 fully saturated rings. The lowest BCUT2D eigenvalue weighted by Gasteiger charge is -2.34. The van der Waals surface area contributed by atoms with E-state index in [-0.39, 0.29) is 29.8 Å². The normalized spacial score (nSPS) is 14.0. The predicted octanol–water partition coefficient (Wildman–Crippen LogP) is 2.88. The van der Waals surface area contributed by atoms with Gasteiger partial charge in [0.1, 0.15) is 5.75 Å². The smallest absolute Gasteiger partial charge is 0.253 e. The Balaban J connectivity index is 1.30. The predicted molar refractivity (Wildman–Crippen MR) is 139 cm³/mol. The van der Waals surface area contributed by atoms with Crippen LogP contribution >= 0.6 is 11.3 Å². The second-order valence-electron chi connectivity index (χ2n) is 8.93. The van der Waals surface area contributed by atoms with Gasteiger partial charge in [-0.05, 0) is 38.0 Å². The van der Waals surface area contributed by atoms with E-state index in [1.165, 1.54) is 11.3 Å². The highest BCUT2D eigenvalue weighted by Gasteiger charge is 2.22. The maximum atomic E-state index is 12.5. The number of unbranched alkanes of at least 4 members (excludes halogenated alkanes) is 3. The Labute approximate surface area is 220 Å². The minimum Gasteiger partial charge on any atom is -0.494 e. The van der Waals surface area contributed by atoms with Crippen LogP contribution in [0.3, 0.4) is 0 Å². The molecule has 1 aromatic carbocycles. The van der Waals surface area contributed by atoms with Gasteiger partial charge in [0.2, 0.25) is 17.7 Å². The molecule has 37 heavy (non-hydrogen) atoms. The minimum atomic E-state index is -0.693. The van der Waals surface area contributed by atoms with E-state index in [9.17, 15) is 24.4 Å². The number of fused-ring (bicyclic) bond motifs is 1. The lowest BCUT2D eigenvalue weighted by atomic mass is 10.1. The van der Waals surface area contributed by atoms with Crippen LogP contribution in [0.1, 0.15) is 52.4 Å². The molecule has 0 unspecified atom stereocenters. The molecule has 2 aromatic rings. The summed E-state index contributed by atoms with van der Waals surface area (Å²) < 4.78 is 6.47. The van der Waals surface area contributed by atoms with Gasteiger partial charge in [0.25, 0.3) is 5.91 Å². The van der Waals surface area contributed by atoms with E-state index < -0.39 is 11.8 Å². The molecule has 1 aliphatic heterocycles. The highest BCUT2D eigenvalue weighted by Crippen LogP contribution is 2.29. The molecule has 0 spiro atoms. The molecule has 0 atom stereocenters. The minimum absolute atomic E-state index is 0.0965. The van der Waals surface area contributed by atoms with Crippen molar-refractivity contribution < 1.29 is 29.1 Å². The summed E-state index contributed by atoms with van der Waals surface area (Å²) in [5.41, 5.74) is 0.814. The van der Waals surface area contributed by atoms with Gasteiger partial charge in [0, 0.05) is 45.9 Å². The summed E-state index contributed by atoms with van der Waals surface area (Å²) in [7, 11) is 0. The topological polar surface area (TPSA) is 132 Å². The van der Waals surface area contributed by atoms with E-state index >= 15 is 0 Å². The number of anilines is 1. The van der Waals surface area contributed by atoms with Crippen molar-refractivity contribution in [1.82, 2.24) is 19.8 Å². The Morgan fingerprint density at radius 3 is 2.46 bits per heavy atom. The van der Waals surface area contributed by atoms with E-state index in [0.29, 0.717) is 50.8 Å². The summed E-state index contributed by atoms with van der Waals surface area (Å²) in [4.78, 5) is 55.8. The van der Waals surface area contributed by atoms with Crippen molar-refractivity contribution in [2.24, 2.45) is 0 Å². The Bertz CT molecular complexity index is 1100. The van der Waals surface area contributed by atoms with E-state index in [4.69, 9.17) is 4.74 Å². The van der Waals surface area contributed by atoms with Crippen molar-refractivity contribution in [1.29, 1.82) is 0 Å². The molecule has 11 nitrogen and oxygen atoms in total. The van der Waals surface area contributed by atoms with Crippen LogP contribution in [0, 0.1) is 0 Å². The molecule has 12 heteroatoms. The van der Waals surface area contributed by atoms with Crippen molar-refractivity contribution >= 4 is 50.3 Å². The lowest BCUT2D eigenvalue weighted by Crippen LogP contribution is -2.50. The number of carbonyl (C=O) groups is 4. The Hall–Kier alpha value is -3.09. The molecule has 3 rings (SSSR count). The molecule has 1 aliphatic rings. The summed E-state index contributed by atoms with van der Waals surface area (Å²) in [6.07, 6.45) is 3.37. The first kappa shape index (κ1) is 28.5. The quantitative estimate of drug-likeness (QED) is 0.242. The Morgan fingerprint density at radius 2 is 1.78 bits per heavy atom. The standard InChI is InChI=1S/C25H35N5O6S/c1-3-36-19-10-11-20-21(16-19)37-25(26-20)27-22(32)17-28-12-14-29(15-13-28)23(33)8-6-4-5-7-9-24(34)30(35)18(2)31/h10-11,16,35H,3-9,12-15,17H2,1-2H3,(H,26,27,32). The monoisotopic (exact) mass is 533 g/mol. The number of nitrogens with zero attached hydrogens (tertiary/aromatic N) is 4. The third kappa shape index (κ3) is 8.76. The summed E-state index contributed by atoms with van der Waals surface area (Å²) in [6.45, 7) is 6.32. The number of hydroxylamine groups is 2. The molecule has 0 saturated carbocycles. The zero-order valence-electron chi connectivity index (χ0n) is 21.4. The van der Waals surface area contributed by atoms with Crippen LogP contribution in [0.15, 0.2) is 18.2 Å². The van der Waals surface area contributed by atoms with Gasteiger partial charge in [-0.2, -0.15) is 5.06 Å². The molecule has 4 amide bonds. The van der Waals surface area contributed by atoms with Crippen LogP contribution < -0.4 is 10.1 Å². The fourth-order valence-electron chi connectivity index (χ4n) is 4.08. The molecule has 2 N–H and O–H groups in total. The van der Waals surface area contributed by atoms with Gasteiger partial charge >= 0.3 is 0 Å². The first-order valence-corrected chi connectivity index (χ1v) is 13.4. The zero-order valence-corrected chi connectivity index (χ0v) is 22.2. The van der Waals surface area contributed by atoms with Crippen LogP contribution in [0.5, 0.6) is 5.75 Å². The third-order valence-corrected chi connectivity index (χ3v) is 7.01. The van der Waals surface area contributed by atoms with E-state index in [2.05, 4.69) is 10.3 Å². The fraction of sp³-hybridized carbons (Fsp3) is 0.560. The SMILES string of the molecule is CCOc1ccc2nc(NC(=O)CN3CCN(C(=O)CCCCCCC(=O)N(O)C(C)=O)CC3)sc2c1. The Morgan fingerprint density at radius 1 is 1.08 bits per heavy atom. The summed E-state index contributed by atoms with van der Waals surface area (Å²) in [5, 5.41) is 12.8. The van der Waals surface area contributed by atoms with Gasteiger partial charge in [-0.1, -0.05) is 24.2 Å². The average Bonchev–Trinajstić information content (AvgIpc) is 3.27. The number of amides is 4. The largest absolute Gasteiger partial charge is 0.494 e. The van der Waals surface area contributed by atoms with E-state index in [1.807, 2.05) is 34.9 Å². The fourth-order valence-corrected chi connectivity index (χ4v) is 4.99. The number of piperazine rings is 1. The molecule has 0 bridgehead atoms. The van der Waals surface area contributed by atoms with Crippen molar-refractivity contribution in [3.8, 4) is 5.75 Å². The van der Waals surface area contributed by atoms with Crippen LogP contribution in [0.2, 0.25) is 0 Å². The third-order valence-electron chi connectivity index (χ3n) is 6.08. The number of ether oxygens (including phenoxy) is 1. The number of benzene rings is 1. The molecular weight excluding hydrogens is 498 g/mol. The van der Waals surface area contributed by atoms with Crippen molar-refractivity contribution in [2.45, 2.75) is 52.4 Å². The van der Waals surface area contributed by atoms with Crippen LogP contribution in [-0.4, -0.2) is 88.0 Å². The van der Waals surface area contributed by atoms with Gasteiger partial charge in [-0.15, -0.1) is 0 Å². The van der Waals surface area contributed by atoms with E-state index in [0.717, 1.165) is 42.2 Å². The van der Waals surface area contributed by atoms with Crippen molar-refractivity contribution in [2.75, 3.05) is 44.6 Å². The van der Waals surface area contributed by atoms with Gasteiger partial charge in [0.05, 0.1) is 23.4 Å². The second kappa shape index (κ2) is 14.0. The zero-order chi connectivity index (χ0) is 26.8. The summed E-state index contributed by atoms with van der Waals surface area (Å²) >= 11 is 1.41. The number of imide groups is 1. The summed E-state index contributed by atoms with van der Waals surface area (Å²) in [6, 6.07) is 5.66. The Kier molecular flexibility index (Phi) is 10.8. The maximum absolute atomic E-state index is 12.5. The van der Waals surface area contributed by atoms with Gasteiger partial charge < -0.3 is 15.0 Å². The molecule has 1 aromatic heterocycles. The number of carbonyl (C=O) groups excluding carboxylic acids is 4. The average molecular weight is 534 g/mol. The first-order valence-electron chi connectivity index (χ1n) is 12.6. The van der Waals surface area contributed by atoms with Crippen LogP contribution in [-0.2, 0) is 19.2 Å². The van der Waals surface area contributed by atoms with Crippen molar-refractivity contribution in [3.05, 3.63) is 18.2 Å². The van der Waals surface area contributed by atoms with Gasteiger partial charge in [0.15, 0.2) is 5.13 Å². The molecule has 202 valence electrons. The molecule has 1 saturated heterocycles. The highest BCUT2D eigenvalue weighted by atomic mass is 32.1. The molecule has 2 heterocycles. The van der Waals surface area contributed by atoms with Crippen molar-refractivity contribution in [3.63, 3.8) is 0 Å². The molecule has 0 aliphatic carbocycles. The molecular formula is C25H35N5O6S. The number of aromatic nitrogens is 1.